The van der Waals surface area contributed by atoms with Gasteiger partial charge in [0, 0.05) is 33.0 Å². The summed E-state index contributed by atoms with van der Waals surface area (Å²) in [7, 11) is 0. The summed E-state index contributed by atoms with van der Waals surface area (Å²) in [5, 5.41) is 12.5. The molecule has 4 heterocycles. The molecule has 11 aromatic rings. The second kappa shape index (κ2) is 17.3. The zero-order valence-electron chi connectivity index (χ0n) is 37.4. The molecule has 2 amide bonds. The van der Waals surface area contributed by atoms with Crippen LogP contribution in [-0.4, -0.2) is 32.6 Å². The molecule has 0 bridgehead atoms. The number of allylic oxidation sites excluding steroid dienone is 1. The summed E-state index contributed by atoms with van der Waals surface area (Å²) < 4.78 is 2.10. The van der Waals surface area contributed by atoms with Gasteiger partial charge in [0.1, 0.15) is 21.7 Å². The quantitative estimate of drug-likeness (QED) is 0.141. The number of rotatable bonds is 8. The minimum absolute atomic E-state index is 0.253. The standard InChI is InChI=1S/C59H40N6O2S2/c1-34-17-9-13-25-40(34)56(66)64-54-50(58-62-44-31-29-36-19-11-15-27-42(36)52(44)68-58)48(38-21-5-3-6-22-38)46(60-54)33-47-49(39-23-7-4-8-24-39)51(55(61-47)65-57(67)41-26-14-10-18-35(41)2)59-63-45-32-30-37-20-12-16-28-43(37)53(45)69-59/h3-33,60H,1-2H3,(H,64,66)(H,61,65,67). The summed E-state index contributed by atoms with van der Waals surface area (Å²) in [5.74, 6) is 0.352. The monoisotopic (exact) mass is 928 g/mol. The van der Waals surface area contributed by atoms with Crippen LogP contribution in [0.1, 0.15) is 48.1 Å². The van der Waals surface area contributed by atoms with Crippen molar-refractivity contribution in [2.75, 3.05) is 5.32 Å². The molecule has 0 spiro atoms. The minimum atomic E-state index is -0.277. The molecule has 0 unspecified atom stereocenters. The number of fused-ring (bicyclic) bond motifs is 6. The van der Waals surface area contributed by atoms with E-state index in [1.807, 2.05) is 129 Å². The molecule has 1 aliphatic heterocycles. The lowest BCUT2D eigenvalue weighted by molar-refractivity contribution is 0.0975. The first-order valence-corrected chi connectivity index (χ1v) is 24.2. The van der Waals surface area contributed by atoms with Crippen LogP contribution in [0.3, 0.4) is 0 Å². The van der Waals surface area contributed by atoms with Crippen LogP contribution in [0.2, 0.25) is 0 Å². The lowest BCUT2D eigenvalue weighted by atomic mass is 9.96. The Morgan fingerprint density at radius 2 is 1.01 bits per heavy atom. The molecule has 0 fully saturated rings. The highest BCUT2D eigenvalue weighted by molar-refractivity contribution is 7.22. The van der Waals surface area contributed by atoms with Crippen molar-refractivity contribution < 1.29 is 9.59 Å². The van der Waals surface area contributed by atoms with Crippen LogP contribution >= 0.6 is 22.7 Å². The highest BCUT2D eigenvalue weighted by Crippen LogP contribution is 2.48. The van der Waals surface area contributed by atoms with E-state index in [0.29, 0.717) is 39.7 Å². The van der Waals surface area contributed by atoms with Gasteiger partial charge in [0.15, 0.2) is 0 Å². The minimum Gasteiger partial charge on any atom is -0.341 e. The number of aromatic amines is 1. The van der Waals surface area contributed by atoms with E-state index in [2.05, 4.69) is 88.4 Å². The number of aliphatic imine (C=N–C) groups is 1. The van der Waals surface area contributed by atoms with Crippen LogP contribution in [0.15, 0.2) is 193 Å². The molecular weight excluding hydrogens is 889 g/mol. The van der Waals surface area contributed by atoms with Crippen molar-refractivity contribution >= 4 is 105 Å². The Morgan fingerprint density at radius 1 is 0.507 bits per heavy atom. The zero-order chi connectivity index (χ0) is 46.6. The number of carbonyl (C=O) groups excluding carboxylic acids is 2. The van der Waals surface area contributed by atoms with Gasteiger partial charge in [0.2, 0.25) is 0 Å². The normalized spacial score (nSPS) is 13.2. The van der Waals surface area contributed by atoms with Crippen LogP contribution in [0.5, 0.6) is 0 Å². The summed E-state index contributed by atoms with van der Waals surface area (Å²) in [4.78, 5) is 48.5. The molecule has 10 heteroatoms. The van der Waals surface area contributed by atoms with Crippen molar-refractivity contribution in [2.45, 2.75) is 13.8 Å². The molecule has 330 valence electrons. The molecule has 8 nitrogen and oxygen atoms in total. The van der Waals surface area contributed by atoms with Gasteiger partial charge in [-0.1, -0.05) is 158 Å². The number of carbonyl (C=O) groups is 2. The van der Waals surface area contributed by atoms with Crippen molar-refractivity contribution in [2.24, 2.45) is 4.99 Å². The fourth-order valence-electron chi connectivity index (χ4n) is 9.29. The molecule has 12 rings (SSSR count). The summed E-state index contributed by atoms with van der Waals surface area (Å²) in [6.07, 6.45) is 2.02. The van der Waals surface area contributed by atoms with E-state index in [4.69, 9.17) is 15.0 Å². The number of amides is 2. The molecule has 0 atom stereocenters. The van der Waals surface area contributed by atoms with E-state index in [9.17, 15) is 9.59 Å². The van der Waals surface area contributed by atoms with Crippen molar-refractivity contribution in [3.63, 3.8) is 0 Å². The number of nitrogens with one attached hydrogen (secondary N) is 3. The maximum Gasteiger partial charge on any atom is 0.257 e. The SMILES string of the molecule is Cc1ccccc1C(=O)NC1=NC(=Cc2[nH]c(NC(=O)c3ccccc3C)c(-c3nc4ccc5ccccc5c4s3)c2-c2ccccc2)C(c2ccccc2)=C1c1nc2ccc3ccccc3c2s1. The third-order valence-electron chi connectivity index (χ3n) is 12.6. The molecule has 0 saturated carbocycles. The van der Waals surface area contributed by atoms with Crippen molar-refractivity contribution in [1.82, 2.24) is 20.3 Å². The van der Waals surface area contributed by atoms with E-state index in [0.717, 1.165) is 90.9 Å². The third-order valence-corrected chi connectivity index (χ3v) is 14.9. The summed E-state index contributed by atoms with van der Waals surface area (Å²) >= 11 is 3.18. The third kappa shape index (κ3) is 7.52. The highest BCUT2D eigenvalue weighted by Gasteiger charge is 2.32. The van der Waals surface area contributed by atoms with Gasteiger partial charge in [0.05, 0.1) is 43.0 Å². The summed E-state index contributed by atoms with van der Waals surface area (Å²) in [5.41, 5.74) is 10.7. The lowest BCUT2D eigenvalue weighted by Crippen LogP contribution is -2.31. The van der Waals surface area contributed by atoms with Crippen LogP contribution in [0.25, 0.3) is 80.9 Å². The van der Waals surface area contributed by atoms with Gasteiger partial charge < -0.3 is 15.6 Å². The van der Waals surface area contributed by atoms with E-state index >= 15 is 0 Å². The average molecular weight is 929 g/mol. The number of nitrogens with zero attached hydrogens (tertiary/aromatic N) is 3. The Morgan fingerprint density at radius 3 is 1.62 bits per heavy atom. The first kappa shape index (κ1) is 41.8. The fourth-order valence-corrected chi connectivity index (χ4v) is 11.6. The van der Waals surface area contributed by atoms with E-state index in [1.54, 1.807) is 22.7 Å². The zero-order valence-corrected chi connectivity index (χ0v) is 39.0. The van der Waals surface area contributed by atoms with Gasteiger partial charge in [0.25, 0.3) is 11.8 Å². The molecule has 1 aliphatic rings. The van der Waals surface area contributed by atoms with Gasteiger partial charge in [-0.15, -0.1) is 22.7 Å². The molecular formula is C59H40N6O2S2. The molecule has 3 N–H and O–H groups in total. The Kier molecular flexibility index (Phi) is 10.5. The largest absolute Gasteiger partial charge is 0.341 e. The number of H-pyrrole nitrogens is 1. The van der Waals surface area contributed by atoms with Crippen molar-refractivity contribution in [3.8, 4) is 21.7 Å². The smallest absolute Gasteiger partial charge is 0.257 e. The van der Waals surface area contributed by atoms with E-state index < -0.39 is 0 Å². The summed E-state index contributed by atoms with van der Waals surface area (Å²) in [6, 6.07) is 60.4. The van der Waals surface area contributed by atoms with Crippen LogP contribution in [0.4, 0.5) is 5.82 Å². The number of hydrogen-bond acceptors (Lipinski definition) is 7. The number of amidine groups is 1. The second-order valence-corrected chi connectivity index (χ2v) is 19.0. The first-order valence-electron chi connectivity index (χ1n) is 22.6. The molecule has 69 heavy (non-hydrogen) atoms. The predicted molar refractivity (Wildman–Crippen MR) is 286 cm³/mol. The summed E-state index contributed by atoms with van der Waals surface area (Å²) in [6.45, 7) is 3.86. The van der Waals surface area contributed by atoms with Gasteiger partial charge >= 0.3 is 0 Å². The lowest BCUT2D eigenvalue weighted by Gasteiger charge is -2.11. The van der Waals surface area contributed by atoms with E-state index in [1.165, 1.54) is 0 Å². The second-order valence-electron chi connectivity index (χ2n) is 17.0. The molecule has 3 aromatic heterocycles. The molecule has 0 radical (unpaired) electrons. The Labute approximate surface area is 405 Å². The molecule has 0 aliphatic carbocycles. The molecule has 0 saturated heterocycles. The first-order chi connectivity index (χ1) is 33.9. The topological polar surface area (TPSA) is 112 Å². The number of aromatic nitrogens is 3. The number of benzene rings is 8. The van der Waals surface area contributed by atoms with Crippen molar-refractivity contribution in [3.05, 3.63) is 226 Å². The number of thiazole rings is 2. The Balaban J connectivity index is 1.13. The van der Waals surface area contributed by atoms with Gasteiger partial charge in [-0.3, -0.25) is 9.59 Å². The van der Waals surface area contributed by atoms with Crippen molar-refractivity contribution in [1.29, 1.82) is 0 Å². The number of aryl methyl sites for hydroxylation is 2. The Hall–Kier alpha value is -8.57. The number of hydrogen-bond donors (Lipinski definition) is 3. The number of anilines is 1. The van der Waals surface area contributed by atoms with Gasteiger partial charge in [-0.25, -0.2) is 15.0 Å². The van der Waals surface area contributed by atoms with Gasteiger partial charge in [-0.05, 0) is 77.2 Å². The predicted octanol–water partition coefficient (Wildman–Crippen LogP) is 14.5. The highest BCUT2D eigenvalue weighted by atomic mass is 32.1. The Bertz CT molecular complexity index is 3970. The van der Waals surface area contributed by atoms with Crippen LogP contribution < -0.4 is 10.6 Å². The van der Waals surface area contributed by atoms with Gasteiger partial charge in [-0.2, -0.15) is 0 Å². The molecule has 8 aromatic carbocycles. The fraction of sp³-hybridized carbons (Fsp3) is 0.0339. The van der Waals surface area contributed by atoms with Crippen LogP contribution in [0, 0.1) is 13.8 Å². The maximum absolute atomic E-state index is 14.4. The van der Waals surface area contributed by atoms with E-state index in [-0.39, 0.29) is 11.8 Å². The maximum atomic E-state index is 14.4. The van der Waals surface area contributed by atoms with Crippen LogP contribution in [-0.2, 0) is 0 Å². The average Bonchev–Trinajstić information content (AvgIpc) is 4.18.